The van der Waals surface area contributed by atoms with Crippen LogP contribution in [-0.2, 0) is 11.3 Å². The van der Waals surface area contributed by atoms with E-state index in [4.69, 9.17) is 17.0 Å². The molecule has 1 amide bonds. The molecule has 0 atom stereocenters. The molecule has 0 aliphatic carbocycles. The van der Waals surface area contributed by atoms with Crippen molar-refractivity contribution >= 4 is 34.6 Å². The minimum absolute atomic E-state index is 0.164. The predicted molar refractivity (Wildman–Crippen MR) is 113 cm³/mol. The molecule has 3 rings (SSSR count). The Morgan fingerprint density at radius 3 is 2.67 bits per heavy atom. The van der Waals surface area contributed by atoms with Gasteiger partial charge in [-0.3, -0.25) is 4.79 Å². The minimum atomic E-state index is 0.164. The number of carbonyl (C=O) groups is 1. The second-order valence-corrected chi connectivity index (χ2v) is 7.23. The van der Waals surface area contributed by atoms with Crippen LogP contribution in [0.4, 0.5) is 11.4 Å². The first-order valence-electron chi connectivity index (χ1n) is 9.22. The van der Waals surface area contributed by atoms with Gasteiger partial charge in [0.25, 0.3) is 0 Å². The van der Waals surface area contributed by atoms with Gasteiger partial charge in [-0.25, -0.2) is 0 Å². The Labute approximate surface area is 165 Å². The van der Waals surface area contributed by atoms with Crippen LogP contribution in [0, 0.1) is 0 Å². The highest BCUT2D eigenvalue weighted by Gasteiger charge is 2.21. The van der Waals surface area contributed by atoms with E-state index in [1.165, 1.54) is 0 Å². The first-order chi connectivity index (χ1) is 13.0. The van der Waals surface area contributed by atoms with Crippen molar-refractivity contribution in [1.29, 1.82) is 0 Å². The molecule has 1 fully saturated rings. The summed E-state index contributed by atoms with van der Waals surface area (Å²) >= 11 is 5.39. The third-order valence-corrected chi connectivity index (χ3v) is 4.48. The Morgan fingerprint density at radius 2 is 2.00 bits per heavy atom. The molecule has 1 aliphatic heterocycles. The summed E-state index contributed by atoms with van der Waals surface area (Å²) in [4.78, 5) is 13.7. The maximum absolute atomic E-state index is 11.9. The van der Waals surface area contributed by atoms with E-state index in [-0.39, 0.29) is 12.0 Å². The van der Waals surface area contributed by atoms with Crippen LogP contribution in [0.15, 0.2) is 48.5 Å². The number of hydrogen-bond acceptors (Lipinski definition) is 3. The lowest BCUT2D eigenvalue weighted by atomic mass is 10.2. The molecular weight excluding hydrogens is 358 g/mol. The highest BCUT2D eigenvalue weighted by molar-refractivity contribution is 7.80. The van der Waals surface area contributed by atoms with E-state index < -0.39 is 0 Å². The molecule has 5 nitrogen and oxygen atoms in total. The highest BCUT2D eigenvalue weighted by atomic mass is 32.1. The largest absolute Gasteiger partial charge is 0.491 e. The fourth-order valence-corrected chi connectivity index (χ4v) is 3.18. The topological polar surface area (TPSA) is 53.6 Å². The standard InChI is InChI=1S/C21H25N3O2S/c1-15(2)26-19-10-8-16(9-11-19)14-22-21(27)23-17-5-3-6-18(13-17)24-12-4-7-20(24)25/h3,5-6,8-11,13,15H,4,7,12,14H2,1-2H3,(H2,22,23,27). The Morgan fingerprint density at radius 1 is 1.22 bits per heavy atom. The molecule has 2 N–H and O–H groups in total. The number of anilines is 2. The third-order valence-electron chi connectivity index (χ3n) is 4.24. The van der Waals surface area contributed by atoms with Crippen LogP contribution in [0.3, 0.4) is 0 Å². The van der Waals surface area contributed by atoms with E-state index in [0.29, 0.717) is 18.1 Å². The summed E-state index contributed by atoms with van der Waals surface area (Å²) in [6.07, 6.45) is 1.70. The number of benzene rings is 2. The molecule has 6 heteroatoms. The van der Waals surface area contributed by atoms with E-state index in [0.717, 1.165) is 35.7 Å². The monoisotopic (exact) mass is 383 g/mol. The lowest BCUT2D eigenvalue weighted by Crippen LogP contribution is -2.28. The smallest absolute Gasteiger partial charge is 0.227 e. The zero-order chi connectivity index (χ0) is 19.2. The maximum atomic E-state index is 11.9. The summed E-state index contributed by atoms with van der Waals surface area (Å²) in [5, 5.41) is 6.93. The van der Waals surface area contributed by atoms with Gasteiger partial charge in [0.1, 0.15) is 5.75 Å². The molecule has 142 valence electrons. The van der Waals surface area contributed by atoms with Gasteiger partial charge in [-0.2, -0.15) is 0 Å². The fourth-order valence-electron chi connectivity index (χ4n) is 2.99. The van der Waals surface area contributed by atoms with Crippen LogP contribution in [0.2, 0.25) is 0 Å². The average molecular weight is 384 g/mol. The SMILES string of the molecule is CC(C)Oc1ccc(CNC(=S)Nc2cccc(N3CCCC3=O)c2)cc1. The predicted octanol–water partition coefficient (Wildman–Crippen LogP) is 4.09. The van der Waals surface area contributed by atoms with Gasteiger partial charge in [-0.1, -0.05) is 18.2 Å². The highest BCUT2D eigenvalue weighted by Crippen LogP contribution is 2.24. The van der Waals surface area contributed by atoms with Crippen molar-refractivity contribution in [1.82, 2.24) is 5.32 Å². The lowest BCUT2D eigenvalue weighted by Gasteiger charge is -2.17. The minimum Gasteiger partial charge on any atom is -0.491 e. The maximum Gasteiger partial charge on any atom is 0.227 e. The average Bonchev–Trinajstić information content (AvgIpc) is 3.07. The Kier molecular flexibility index (Phi) is 6.29. The number of thiocarbonyl (C=S) groups is 1. The van der Waals surface area contributed by atoms with Crippen molar-refractivity contribution < 1.29 is 9.53 Å². The first kappa shape index (κ1) is 19.2. The molecule has 0 saturated carbocycles. The van der Waals surface area contributed by atoms with Crippen molar-refractivity contribution in [2.24, 2.45) is 0 Å². The zero-order valence-corrected chi connectivity index (χ0v) is 16.5. The van der Waals surface area contributed by atoms with Crippen LogP contribution >= 0.6 is 12.2 Å². The van der Waals surface area contributed by atoms with Gasteiger partial charge in [0.05, 0.1) is 6.10 Å². The molecular formula is C21H25N3O2S. The molecule has 0 spiro atoms. The quantitative estimate of drug-likeness (QED) is 0.736. The van der Waals surface area contributed by atoms with Crippen molar-refractivity contribution in [3.63, 3.8) is 0 Å². The van der Waals surface area contributed by atoms with Crippen LogP contribution in [0.5, 0.6) is 5.75 Å². The van der Waals surface area contributed by atoms with Gasteiger partial charge in [0.2, 0.25) is 5.91 Å². The molecule has 1 aliphatic rings. The van der Waals surface area contributed by atoms with Crippen molar-refractivity contribution in [3.05, 3.63) is 54.1 Å². The van der Waals surface area contributed by atoms with Crippen molar-refractivity contribution in [2.75, 3.05) is 16.8 Å². The second kappa shape index (κ2) is 8.86. The second-order valence-electron chi connectivity index (χ2n) is 6.82. The molecule has 2 aromatic rings. The van der Waals surface area contributed by atoms with E-state index >= 15 is 0 Å². The van der Waals surface area contributed by atoms with Crippen molar-refractivity contribution in [2.45, 2.75) is 39.3 Å². The number of rotatable bonds is 6. The normalized spacial score (nSPS) is 13.7. The zero-order valence-electron chi connectivity index (χ0n) is 15.7. The van der Waals surface area contributed by atoms with E-state index in [2.05, 4.69) is 10.6 Å². The van der Waals surface area contributed by atoms with Gasteiger partial charge in [0.15, 0.2) is 5.11 Å². The molecule has 0 aromatic heterocycles. The molecule has 2 aromatic carbocycles. The number of amides is 1. The van der Waals surface area contributed by atoms with E-state index in [1.54, 1.807) is 0 Å². The summed E-state index contributed by atoms with van der Waals surface area (Å²) in [7, 11) is 0. The van der Waals surface area contributed by atoms with Crippen LogP contribution in [-0.4, -0.2) is 23.7 Å². The summed E-state index contributed by atoms with van der Waals surface area (Å²) in [5.74, 6) is 1.04. The van der Waals surface area contributed by atoms with Crippen LogP contribution in [0.25, 0.3) is 0 Å². The molecule has 1 saturated heterocycles. The number of nitrogens with zero attached hydrogens (tertiary/aromatic N) is 1. The summed E-state index contributed by atoms with van der Waals surface area (Å²) in [5.41, 5.74) is 2.89. The van der Waals surface area contributed by atoms with Gasteiger partial charge in [-0.05, 0) is 68.4 Å². The van der Waals surface area contributed by atoms with Gasteiger partial charge >= 0.3 is 0 Å². The Balaban J connectivity index is 1.53. The summed E-state index contributed by atoms with van der Waals surface area (Å²) in [6.45, 7) is 5.42. The molecule has 1 heterocycles. The van der Waals surface area contributed by atoms with Gasteiger partial charge in [0, 0.05) is 30.9 Å². The fraction of sp³-hybridized carbons (Fsp3) is 0.333. The Hall–Kier alpha value is -2.60. The van der Waals surface area contributed by atoms with Crippen LogP contribution < -0.4 is 20.3 Å². The number of ether oxygens (including phenoxy) is 1. The molecule has 0 bridgehead atoms. The van der Waals surface area contributed by atoms with Gasteiger partial charge in [-0.15, -0.1) is 0 Å². The number of hydrogen-bond donors (Lipinski definition) is 2. The Bertz CT molecular complexity index is 805. The van der Waals surface area contributed by atoms with E-state index in [1.807, 2.05) is 67.3 Å². The number of carbonyl (C=O) groups excluding carboxylic acids is 1. The molecule has 27 heavy (non-hydrogen) atoms. The first-order valence-corrected chi connectivity index (χ1v) is 9.63. The number of nitrogens with one attached hydrogen (secondary N) is 2. The van der Waals surface area contributed by atoms with Gasteiger partial charge < -0.3 is 20.3 Å². The summed E-state index contributed by atoms with van der Waals surface area (Å²) < 4.78 is 5.65. The van der Waals surface area contributed by atoms with Crippen LogP contribution in [0.1, 0.15) is 32.3 Å². The third kappa shape index (κ3) is 5.44. The van der Waals surface area contributed by atoms with Crippen molar-refractivity contribution in [3.8, 4) is 5.75 Å². The van der Waals surface area contributed by atoms with E-state index in [9.17, 15) is 4.79 Å². The molecule has 0 radical (unpaired) electrons. The summed E-state index contributed by atoms with van der Waals surface area (Å²) in [6, 6.07) is 15.7. The lowest BCUT2D eigenvalue weighted by molar-refractivity contribution is -0.117. The molecule has 0 unspecified atom stereocenters.